The molecule has 1 aromatic carbocycles. The van der Waals surface area contributed by atoms with Crippen molar-refractivity contribution in [3.8, 4) is 0 Å². The average molecular weight is 215 g/mol. The quantitative estimate of drug-likeness (QED) is 0.704. The monoisotopic (exact) mass is 215 g/mol. The number of piperidine rings is 1. The molecule has 84 valence electrons. The minimum absolute atomic E-state index is 0.249. The molecule has 0 N–H and O–H groups in total. The molecule has 1 aliphatic carbocycles. The fourth-order valence-electron chi connectivity index (χ4n) is 3.45. The van der Waals surface area contributed by atoms with E-state index in [4.69, 9.17) is 0 Å². The highest BCUT2D eigenvalue weighted by molar-refractivity contribution is 5.74. The Morgan fingerprint density at radius 2 is 2.00 bits per heavy atom. The van der Waals surface area contributed by atoms with Crippen LogP contribution in [0.25, 0.3) is 0 Å². The number of rotatable bonds is 1. The van der Waals surface area contributed by atoms with Crippen LogP contribution < -0.4 is 0 Å². The number of hydrogen-bond acceptors (Lipinski definition) is 1. The van der Waals surface area contributed by atoms with E-state index in [1.807, 2.05) is 0 Å². The van der Waals surface area contributed by atoms with Crippen LogP contribution >= 0.6 is 0 Å². The molecule has 16 heavy (non-hydrogen) atoms. The number of nitrogens with zero attached hydrogens (tertiary/aromatic N) is 1. The largest absolute Gasteiger partial charge is 0.340 e. The Bertz CT molecular complexity index is 400. The molecule has 3 unspecified atom stereocenters. The SMILES string of the molecule is CC(=O)N1CC2CC1CC2c1ccccc1. The van der Waals surface area contributed by atoms with Crippen LogP contribution in [0.1, 0.15) is 31.2 Å². The average Bonchev–Trinajstić information content (AvgIpc) is 2.89. The number of fused-ring (bicyclic) bond motifs is 2. The molecule has 1 saturated carbocycles. The number of amides is 1. The van der Waals surface area contributed by atoms with Crippen molar-refractivity contribution in [2.75, 3.05) is 6.54 Å². The molecule has 2 fully saturated rings. The van der Waals surface area contributed by atoms with E-state index in [1.54, 1.807) is 6.92 Å². The number of likely N-dealkylation sites (tertiary alicyclic amines) is 1. The van der Waals surface area contributed by atoms with Gasteiger partial charge >= 0.3 is 0 Å². The third kappa shape index (κ3) is 1.44. The fraction of sp³-hybridized carbons (Fsp3) is 0.500. The van der Waals surface area contributed by atoms with Gasteiger partial charge in [-0.1, -0.05) is 30.3 Å². The van der Waals surface area contributed by atoms with Crippen molar-refractivity contribution < 1.29 is 4.79 Å². The first-order valence-corrected chi connectivity index (χ1v) is 6.08. The van der Waals surface area contributed by atoms with E-state index < -0.39 is 0 Å². The summed E-state index contributed by atoms with van der Waals surface area (Å²) < 4.78 is 0. The highest BCUT2D eigenvalue weighted by Gasteiger charge is 2.45. The van der Waals surface area contributed by atoms with Gasteiger partial charge in [0.1, 0.15) is 0 Å². The van der Waals surface area contributed by atoms with Gasteiger partial charge in [-0.25, -0.2) is 0 Å². The maximum atomic E-state index is 11.4. The van der Waals surface area contributed by atoms with E-state index in [9.17, 15) is 4.79 Å². The van der Waals surface area contributed by atoms with Crippen molar-refractivity contribution >= 4 is 5.91 Å². The van der Waals surface area contributed by atoms with E-state index in [0.717, 1.165) is 13.0 Å². The molecule has 2 aliphatic rings. The van der Waals surface area contributed by atoms with E-state index in [1.165, 1.54) is 12.0 Å². The molecule has 1 aliphatic heterocycles. The number of benzene rings is 1. The molecule has 2 bridgehead atoms. The van der Waals surface area contributed by atoms with E-state index >= 15 is 0 Å². The zero-order chi connectivity index (χ0) is 11.1. The molecule has 0 radical (unpaired) electrons. The topological polar surface area (TPSA) is 20.3 Å². The summed E-state index contributed by atoms with van der Waals surface area (Å²) in [6.07, 6.45) is 2.37. The van der Waals surface area contributed by atoms with Crippen molar-refractivity contribution in [2.45, 2.75) is 31.7 Å². The van der Waals surface area contributed by atoms with Gasteiger partial charge in [-0.05, 0) is 30.2 Å². The molecular weight excluding hydrogens is 198 g/mol. The van der Waals surface area contributed by atoms with Gasteiger partial charge in [-0.2, -0.15) is 0 Å². The maximum absolute atomic E-state index is 11.4. The van der Waals surface area contributed by atoms with Crippen molar-refractivity contribution in [2.24, 2.45) is 5.92 Å². The van der Waals surface area contributed by atoms with Crippen LogP contribution in [0.3, 0.4) is 0 Å². The van der Waals surface area contributed by atoms with Crippen LogP contribution in [0.5, 0.6) is 0 Å². The summed E-state index contributed by atoms with van der Waals surface area (Å²) in [5, 5.41) is 0. The molecule has 2 nitrogen and oxygen atoms in total. The summed E-state index contributed by atoms with van der Waals surface area (Å²) in [4.78, 5) is 13.5. The summed E-state index contributed by atoms with van der Waals surface area (Å²) in [7, 11) is 0. The normalized spacial score (nSPS) is 32.1. The fourth-order valence-corrected chi connectivity index (χ4v) is 3.45. The smallest absolute Gasteiger partial charge is 0.219 e. The Hall–Kier alpha value is -1.31. The second-order valence-electron chi connectivity index (χ2n) is 5.07. The second-order valence-corrected chi connectivity index (χ2v) is 5.07. The number of carbonyl (C=O) groups excluding carboxylic acids is 1. The summed E-state index contributed by atoms with van der Waals surface area (Å²) in [6.45, 7) is 2.66. The predicted molar refractivity (Wildman–Crippen MR) is 63.1 cm³/mol. The lowest BCUT2D eigenvalue weighted by Gasteiger charge is -2.31. The van der Waals surface area contributed by atoms with Crippen LogP contribution in [-0.4, -0.2) is 23.4 Å². The molecule has 1 saturated heterocycles. The molecule has 2 heteroatoms. The van der Waals surface area contributed by atoms with E-state index in [-0.39, 0.29) is 5.91 Å². The Morgan fingerprint density at radius 1 is 1.25 bits per heavy atom. The van der Waals surface area contributed by atoms with Gasteiger partial charge in [0.25, 0.3) is 0 Å². The lowest BCUT2D eigenvalue weighted by Crippen LogP contribution is -2.38. The molecule has 1 amide bonds. The van der Waals surface area contributed by atoms with E-state index in [2.05, 4.69) is 35.2 Å². The highest BCUT2D eigenvalue weighted by Crippen LogP contribution is 2.47. The predicted octanol–water partition coefficient (Wildman–Crippen LogP) is 2.41. The van der Waals surface area contributed by atoms with Gasteiger partial charge in [0.05, 0.1) is 0 Å². The zero-order valence-electron chi connectivity index (χ0n) is 9.60. The van der Waals surface area contributed by atoms with Crippen LogP contribution in [-0.2, 0) is 4.79 Å². The van der Waals surface area contributed by atoms with Crippen molar-refractivity contribution in [1.29, 1.82) is 0 Å². The molecule has 1 aromatic rings. The number of carbonyl (C=O) groups is 1. The molecule has 3 rings (SSSR count). The van der Waals surface area contributed by atoms with Crippen molar-refractivity contribution in [3.05, 3.63) is 35.9 Å². The third-order valence-corrected chi connectivity index (χ3v) is 4.17. The Balaban J connectivity index is 1.79. The first-order chi connectivity index (χ1) is 7.75. The van der Waals surface area contributed by atoms with Crippen LogP contribution in [0.15, 0.2) is 30.3 Å². The van der Waals surface area contributed by atoms with Crippen molar-refractivity contribution in [1.82, 2.24) is 4.90 Å². The van der Waals surface area contributed by atoms with Gasteiger partial charge in [0.15, 0.2) is 0 Å². The highest BCUT2D eigenvalue weighted by atomic mass is 16.2. The summed E-state index contributed by atoms with van der Waals surface area (Å²) in [6, 6.07) is 11.3. The molecular formula is C14H17NO. The summed E-state index contributed by atoms with van der Waals surface area (Å²) >= 11 is 0. The standard InChI is InChI=1S/C14H17NO/c1-10(16)15-9-12-7-13(15)8-14(12)11-5-3-2-4-6-11/h2-6,12-14H,7-9H2,1H3. The van der Waals surface area contributed by atoms with E-state index in [0.29, 0.717) is 17.9 Å². The van der Waals surface area contributed by atoms with Gasteiger partial charge in [0.2, 0.25) is 5.91 Å². The lowest BCUT2D eigenvalue weighted by molar-refractivity contribution is -0.130. The minimum atomic E-state index is 0.249. The van der Waals surface area contributed by atoms with Gasteiger partial charge < -0.3 is 4.90 Å². The summed E-state index contributed by atoms with van der Waals surface area (Å²) in [5.74, 6) is 1.62. The Labute approximate surface area is 96.3 Å². The molecule has 0 spiro atoms. The van der Waals surface area contributed by atoms with Gasteiger partial charge in [-0.3, -0.25) is 4.79 Å². The number of hydrogen-bond donors (Lipinski definition) is 0. The maximum Gasteiger partial charge on any atom is 0.219 e. The lowest BCUT2D eigenvalue weighted by atomic mass is 9.87. The first-order valence-electron chi connectivity index (χ1n) is 6.08. The zero-order valence-corrected chi connectivity index (χ0v) is 9.60. The minimum Gasteiger partial charge on any atom is -0.340 e. The van der Waals surface area contributed by atoms with Crippen LogP contribution in [0.2, 0.25) is 0 Å². The van der Waals surface area contributed by atoms with Gasteiger partial charge in [-0.15, -0.1) is 0 Å². The third-order valence-electron chi connectivity index (χ3n) is 4.17. The second kappa shape index (κ2) is 3.62. The van der Waals surface area contributed by atoms with Crippen LogP contribution in [0.4, 0.5) is 0 Å². The summed E-state index contributed by atoms with van der Waals surface area (Å²) in [5.41, 5.74) is 1.46. The molecule has 3 atom stereocenters. The first kappa shape index (κ1) is 9.88. The van der Waals surface area contributed by atoms with Gasteiger partial charge in [0, 0.05) is 19.5 Å². The van der Waals surface area contributed by atoms with Crippen molar-refractivity contribution in [3.63, 3.8) is 0 Å². The Kier molecular flexibility index (Phi) is 2.23. The van der Waals surface area contributed by atoms with Crippen LogP contribution in [0, 0.1) is 5.92 Å². The Morgan fingerprint density at radius 3 is 2.56 bits per heavy atom. The molecule has 0 aromatic heterocycles. The molecule has 1 heterocycles.